The lowest BCUT2D eigenvalue weighted by atomic mass is 9.94. The van der Waals surface area contributed by atoms with Crippen LogP contribution in [0.5, 0.6) is 0 Å². The summed E-state index contributed by atoms with van der Waals surface area (Å²) in [6.45, 7) is 8.07. The molecule has 2 aromatic heterocycles. The van der Waals surface area contributed by atoms with Crippen LogP contribution in [0.25, 0.3) is 16.5 Å². The SMILES string of the molecule is C=C(CC)c1cc2c(c(/N=C/c3cc4cccc(Cl)c4n3Cc3cncnc3)c1)N(C)CCC2. The van der Waals surface area contributed by atoms with Crippen molar-refractivity contribution in [2.24, 2.45) is 4.99 Å². The van der Waals surface area contributed by atoms with Crippen LogP contribution >= 0.6 is 11.6 Å². The van der Waals surface area contributed by atoms with Crippen molar-refractivity contribution in [1.82, 2.24) is 14.5 Å². The molecule has 172 valence electrons. The predicted octanol–water partition coefficient (Wildman–Crippen LogP) is 6.69. The number of hydrogen-bond acceptors (Lipinski definition) is 4. The van der Waals surface area contributed by atoms with Crippen molar-refractivity contribution in [1.29, 1.82) is 0 Å². The first-order valence-electron chi connectivity index (χ1n) is 11.7. The standard InChI is InChI=1S/C28H28ClN5/c1-4-19(2)23-11-21-8-6-10-33(3)28(21)26(13-23)32-16-24-12-22-7-5-9-25(29)27(22)34(24)17-20-14-30-18-31-15-20/h5,7,9,11-16,18H,2,4,6,8,10,17H2,1,3H3/b32-16+. The minimum absolute atomic E-state index is 0.611. The van der Waals surface area contributed by atoms with Gasteiger partial charge in [-0.25, -0.2) is 9.97 Å². The molecular formula is C28H28ClN5. The van der Waals surface area contributed by atoms with E-state index in [1.54, 1.807) is 6.33 Å². The number of para-hydroxylation sites is 1. The second-order valence-electron chi connectivity index (χ2n) is 8.82. The largest absolute Gasteiger partial charge is 0.373 e. The van der Waals surface area contributed by atoms with Crippen molar-refractivity contribution in [2.45, 2.75) is 32.7 Å². The lowest BCUT2D eigenvalue weighted by Gasteiger charge is -2.29. The first-order valence-corrected chi connectivity index (χ1v) is 12.0. The van der Waals surface area contributed by atoms with E-state index < -0.39 is 0 Å². The summed E-state index contributed by atoms with van der Waals surface area (Å²) in [7, 11) is 2.15. The molecule has 2 aromatic carbocycles. The molecular weight excluding hydrogens is 442 g/mol. The quantitative estimate of drug-likeness (QED) is 0.295. The zero-order chi connectivity index (χ0) is 23.7. The smallest absolute Gasteiger partial charge is 0.115 e. The number of aliphatic imine (C=N–C) groups is 1. The van der Waals surface area contributed by atoms with Gasteiger partial charge in [0.2, 0.25) is 0 Å². The van der Waals surface area contributed by atoms with Gasteiger partial charge in [-0.05, 0) is 60.2 Å². The highest BCUT2D eigenvalue weighted by Crippen LogP contribution is 2.39. The number of anilines is 1. The van der Waals surface area contributed by atoms with Crippen LogP contribution in [0.15, 0.2) is 66.7 Å². The molecule has 0 atom stereocenters. The molecule has 0 unspecified atom stereocenters. The summed E-state index contributed by atoms with van der Waals surface area (Å²) < 4.78 is 2.19. The van der Waals surface area contributed by atoms with Gasteiger partial charge < -0.3 is 9.47 Å². The highest BCUT2D eigenvalue weighted by Gasteiger charge is 2.19. The molecule has 0 fully saturated rings. The van der Waals surface area contributed by atoms with E-state index >= 15 is 0 Å². The number of rotatable bonds is 6. The number of halogens is 1. The van der Waals surface area contributed by atoms with E-state index in [1.807, 2.05) is 30.7 Å². The minimum Gasteiger partial charge on any atom is -0.373 e. The Morgan fingerprint density at radius 3 is 2.82 bits per heavy atom. The third-order valence-electron chi connectivity index (χ3n) is 6.52. The highest BCUT2D eigenvalue weighted by atomic mass is 35.5. The Morgan fingerprint density at radius 1 is 1.21 bits per heavy atom. The maximum absolute atomic E-state index is 6.63. The summed E-state index contributed by atoms with van der Waals surface area (Å²) in [6.07, 6.45) is 10.3. The molecule has 0 saturated heterocycles. The lowest BCUT2D eigenvalue weighted by molar-refractivity contribution is 0.744. The maximum atomic E-state index is 6.63. The van der Waals surface area contributed by atoms with Crippen LogP contribution < -0.4 is 4.90 Å². The predicted molar refractivity (Wildman–Crippen MR) is 143 cm³/mol. The van der Waals surface area contributed by atoms with Gasteiger partial charge in [0.05, 0.1) is 40.4 Å². The fraction of sp³-hybridized carbons (Fsp3) is 0.250. The van der Waals surface area contributed by atoms with Crippen molar-refractivity contribution in [2.75, 3.05) is 18.5 Å². The van der Waals surface area contributed by atoms with E-state index in [9.17, 15) is 0 Å². The van der Waals surface area contributed by atoms with Crippen LogP contribution in [0, 0.1) is 0 Å². The Labute approximate surface area is 205 Å². The summed E-state index contributed by atoms with van der Waals surface area (Å²) in [5.74, 6) is 0. The molecule has 34 heavy (non-hydrogen) atoms. The monoisotopic (exact) mass is 469 g/mol. The van der Waals surface area contributed by atoms with Crippen LogP contribution in [0.3, 0.4) is 0 Å². The fourth-order valence-corrected chi connectivity index (χ4v) is 5.02. The molecule has 4 aromatic rings. The van der Waals surface area contributed by atoms with Crippen LogP contribution in [0.2, 0.25) is 5.02 Å². The molecule has 0 saturated carbocycles. The van der Waals surface area contributed by atoms with Gasteiger partial charge in [-0.1, -0.05) is 37.2 Å². The van der Waals surface area contributed by atoms with Gasteiger partial charge in [0, 0.05) is 36.9 Å². The van der Waals surface area contributed by atoms with Crippen molar-refractivity contribution < 1.29 is 0 Å². The molecule has 0 amide bonds. The Hall–Kier alpha value is -3.44. The summed E-state index contributed by atoms with van der Waals surface area (Å²) in [5.41, 5.74) is 8.83. The molecule has 0 bridgehead atoms. The van der Waals surface area contributed by atoms with E-state index in [2.05, 4.69) is 64.3 Å². The van der Waals surface area contributed by atoms with E-state index in [0.29, 0.717) is 11.6 Å². The third kappa shape index (κ3) is 4.24. The minimum atomic E-state index is 0.611. The molecule has 5 rings (SSSR count). The Kier molecular flexibility index (Phi) is 6.20. The summed E-state index contributed by atoms with van der Waals surface area (Å²) in [5, 5.41) is 1.80. The average molecular weight is 470 g/mol. The van der Waals surface area contributed by atoms with Gasteiger partial charge in [-0.2, -0.15) is 0 Å². The van der Waals surface area contributed by atoms with E-state index in [-0.39, 0.29) is 0 Å². The zero-order valence-corrected chi connectivity index (χ0v) is 20.4. The highest BCUT2D eigenvalue weighted by molar-refractivity contribution is 6.35. The summed E-state index contributed by atoms with van der Waals surface area (Å²) in [4.78, 5) is 15.7. The number of aryl methyl sites for hydroxylation is 1. The van der Waals surface area contributed by atoms with Gasteiger partial charge in [0.25, 0.3) is 0 Å². The number of nitrogens with zero attached hydrogens (tertiary/aromatic N) is 5. The first-order chi connectivity index (χ1) is 16.5. The molecule has 6 heteroatoms. The molecule has 0 spiro atoms. The molecule has 0 aliphatic carbocycles. The summed E-state index contributed by atoms with van der Waals surface area (Å²) in [6, 6.07) is 12.6. The van der Waals surface area contributed by atoms with Gasteiger partial charge in [-0.15, -0.1) is 0 Å². The van der Waals surface area contributed by atoms with Crippen LogP contribution in [-0.2, 0) is 13.0 Å². The number of fused-ring (bicyclic) bond motifs is 2. The van der Waals surface area contributed by atoms with Crippen LogP contribution in [-0.4, -0.2) is 34.3 Å². The second-order valence-corrected chi connectivity index (χ2v) is 9.23. The van der Waals surface area contributed by atoms with Gasteiger partial charge in [0.1, 0.15) is 6.33 Å². The van der Waals surface area contributed by atoms with Gasteiger partial charge >= 0.3 is 0 Å². The molecule has 5 nitrogen and oxygen atoms in total. The molecule has 3 heterocycles. The van der Waals surface area contributed by atoms with Crippen molar-refractivity contribution >= 4 is 45.7 Å². The van der Waals surface area contributed by atoms with E-state index in [0.717, 1.165) is 59.2 Å². The third-order valence-corrected chi connectivity index (χ3v) is 6.82. The molecule has 1 aliphatic rings. The summed E-state index contributed by atoms with van der Waals surface area (Å²) >= 11 is 6.63. The second kappa shape index (κ2) is 9.43. The topological polar surface area (TPSA) is 46.3 Å². The van der Waals surface area contributed by atoms with Gasteiger partial charge in [-0.3, -0.25) is 4.99 Å². The van der Waals surface area contributed by atoms with Crippen molar-refractivity contribution in [3.63, 3.8) is 0 Å². The molecule has 0 N–H and O–H groups in total. The first kappa shape index (κ1) is 22.4. The van der Waals surface area contributed by atoms with Crippen LogP contribution in [0.4, 0.5) is 11.4 Å². The van der Waals surface area contributed by atoms with Gasteiger partial charge in [0.15, 0.2) is 0 Å². The fourth-order valence-electron chi connectivity index (χ4n) is 4.74. The molecule has 0 radical (unpaired) electrons. The Bertz CT molecular complexity index is 1390. The van der Waals surface area contributed by atoms with Crippen molar-refractivity contribution in [3.05, 3.63) is 89.1 Å². The molecule has 1 aliphatic heterocycles. The lowest BCUT2D eigenvalue weighted by Crippen LogP contribution is -2.24. The van der Waals surface area contributed by atoms with E-state index in [1.165, 1.54) is 16.8 Å². The van der Waals surface area contributed by atoms with Crippen LogP contribution in [0.1, 0.15) is 42.1 Å². The number of benzene rings is 2. The number of hydrogen-bond donors (Lipinski definition) is 0. The Balaban J connectivity index is 1.63. The number of aromatic nitrogens is 3. The van der Waals surface area contributed by atoms with Crippen molar-refractivity contribution in [3.8, 4) is 0 Å². The average Bonchev–Trinajstić information content (AvgIpc) is 3.21. The Morgan fingerprint density at radius 2 is 2.03 bits per heavy atom. The normalized spacial score (nSPS) is 13.6. The van der Waals surface area contributed by atoms with E-state index in [4.69, 9.17) is 16.6 Å². The zero-order valence-electron chi connectivity index (χ0n) is 19.6. The number of allylic oxidation sites excluding steroid dienone is 1. The maximum Gasteiger partial charge on any atom is 0.115 e.